The average molecular weight is 292 g/mol. The van der Waals surface area contributed by atoms with Crippen LogP contribution in [-0.4, -0.2) is 11.8 Å². The van der Waals surface area contributed by atoms with Crippen LogP contribution in [0.2, 0.25) is 0 Å². The molecule has 4 heteroatoms. The molecule has 4 nitrogen and oxygen atoms in total. The Morgan fingerprint density at radius 2 is 1.55 bits per heavy atom. The maximum atomic E-state index is 12.4. The SMILES string of the molecule is NC(=O)C1C(=O)NC(c2ccccc2)=CC1c1ccccc1. The zero-order valence-electron chi connectivity index (χ0n) is 11.9. The van der Waals surface area contributed by atoms with Crippen molar-refractivity contribution >= 4 is 17.5 Å². The summed E-state index contributed by atoms with van der Waals surface area (Å²) in [5.74, 6) is -2.23. The highest BCUT2D eigenvalue weighted by molar-refractivity contribution is 6.05. The van der Waals surface area contributed by atoms with Crippen LogP contribution in [0.25, 0.3) is 5.70 Å². The lowest BCUT2D eigenvalue weighted by Gasteiger charge is -2.28. The van der Waals surface area contributed by atoms with E-state index in [-0.39, 0.29) is 11.8 Å². The van der Waals surface area contributed by atoms with Gasteiger partial charge in [-0.15, -0.1) is 0 Å². The molecule has 0 aromatic heterocycles. The number of hydrogen-bond acceptors (Lipinski definition) is 2. The molecule has 0 radical (unpaired) electrons. The lowest BCUT2D eigenvalue weighted by Crippen LogP contribution is -2.44. The number of nitrogens with two attached hydrogens (primary N) is 1. The fourth-order valence-corrected chi connectivity index (χ4v) is 2.75. The van der Waals surface area contributed by atoms with Crippen LogP contribution in [0.15, 0.2) is 66.7 Å². The van der Waals surface area contributed by atoms with Crippen molar-refractivity contribution in [2.24, 2.45) is 11.7 Å². The van der Waals surface area contributed by atoms with E-state index in [1.165, 1.54) is 0 Å². The molecule has 1 aliphatic heterocycles. The van der Waals surface area contributed by atoms with Crippen molar-refractivity contribution in [2.45, 2.75) is 5.92 Å². The van der Waals surface area contributed by atoms with Gasteiger partial charge in [-0.05, 0) is 11.1 Å². The number of hydrogen-bond donors (Lipinski definition) is 2. The molecule has 2 unspecified atom stereocenters. The average Bonchev–Trinajstić information content (AvgIpc) is 2.55. The Morgan fingerprint density at radius 1 is 0.955 bits per heavy atom. The predicted octanol–water partition coefficient (Wildman–Crippen LogP) is 2.04. The van der Waals surface area contributed by atoms with Gasteiger partial charge >= 0.3 is 0 Å². The quantitative estimate of drug-likeness (QED) is 0.850. The van der Waals surface area contributed by atoms with E-state index in [0.29, 0.717) is 5.70 Å². The van der Waals surface area contributed by atoms with Crippen LogP contribution in [0.3, 0.4) is 0 Å². The maximum Gasteiger partial charge on any atom is 0.237 e. The van der Waals surface area contributed by atoms with Crippen LogP contribution >= 0.6 is 0 Å². The molecule has 0 fully saturated rings. The number of carbonyl (C=O) groups excluding carboxylic acids is 2. The third-order valence-electron chi connectivity index (χ3n) is 3.82. The van der Waals surface area contributed by atoms with Gasteiger partial charge in [-0.25, -0.2) is 0 Å². The van der Waals surface area contributed by atoms with Gasteiger partial charge < -0.3 is 11.1 Å². The van der Waals surface area contributed by atoms with Crippen molar-refractivity contribution in [1.82, 2.24) is 5.32 Å². The molecule has 2 aromatic carbocycles. The van der Waals surface area contributed by atoms with Crippen molar-refractivity contribution in [3.8, 4) is 0 Å². The molecule has 3 rings (SSSR count). The minimum absolute atomic E-state index is 0.359. The molecule has 1 aliphatic rings. The zero-order chi connectivity index (χ0) is 15.5. The van der Waals surface area contributed by atoms with Gasteiger partial charge in [0.15, 0.2) is 0 Å². The number of rotatable bonds is 3. The van der Waals surface area contributed by atoms with Gasteiger partial charge in [-0.2, -0.15) is 0 Å². The predicted molar refractivity (Wildman–Crippen MR) is 84.4 cm³/mol. The van der Waals surface area contributed by atoms with E-state index in [1.54, 1.807) is 0 Å². The molecule has 2 amide bonds. The molecular weight excluding hydrogens is 276 g/mol. The highest BCUT2D eigenvalue weighted by atomic mass is 16.2. The van der Waals surface area contributed by atoms with Crippen LogP contribution in [0.1, 0.15) is 17.0 Å². The topological polar surface area (TPSA) is 72.2 Å². The van der Waals surface area contributed by atoms with Crippen molar-refractivity contribution in [2.75, 3.05) is 0 Å². The number of carbonyl (C=O) groups is 2. The smallest absolute Gasteiger partial charge is 0.237 e. The summed E-state index contributed by atoms with van der Waals surface area (Å²) in [4.78, 5) is 24.1. The second kappa shape index (κ2) is 5.85. The molecule has 22 heavy (non-hydrogen) atoms. The first-order valence-corrected chi connectivity index (χ1v) is 7.09. The molecule has 110 valence electrons. The first-order chi connectivity index (χ1) is 10.7. The number of nitrogens with one attached hydrogen (secondary N) is 1. The fourth-order valence-electron chi connectivity index (χ4n) is 2.75. The van der Waals surface area contributed by atoms with E-state index in [0.717, 1.165) is 11.1 Å². The van der Waals surface area contributed by atoms with Crippen LogP contribution in [0.5, 0.6) is 0 Å². The van der Waals surface area contributed by atoms with Crippen LogP contribution in [0, 0.1) is 5.92 Å². The highest BCUT2D eigenvalue weighted by Crippen LogP contribution is 2.33. The van der Waals surface area contributed by atoms with Gasteiger partial charge in [0.1, 0.15) is 5.92 Å². The molecule has 3 N–H and O–H groups in total. The first-order valence-electron chi connectivity index (χ1n) is 7.09. The van der Waals surface area contributed by atoms with Gasteiger partial charge in [0.25, 0.3) is 0 Å². The van der Waals surface area contributed by atoms with Crippen LogP contribution < -0.4 is 11.1 Å². The van der Waals surface area contributed by atoms with Gasteiger partial charge in [-0.1, -0.05) is 66.7 Å². The summed E-state index contributed by atoms with van der Waals surface area (Å²) >= 11 is 0. The summed E-state index contributed by atoms with van der Waals surface area (Å²) in [5, 5.41) is 2.79. The first kappa shape index (κ1) is 14.1. The van der Waals surface area contributed by atoms with E-state index in [2.05, 4.69) is 5.32 Å². The Balaban J connectivity index is 2.08. The zero-order valence-corrected chi connectivity index (χ0v) is 11.9. The van der Waals surface area contributed by atoms with E-state index < -0.39 is 11.8 Å². The van der Waals surface area contributed by atoms with Gasteiger partial charge in [0.2, 0.25) is 11.8 Å². The van der Waals surface area contributed by atoms with Gasteiger partial charge in [-0.3, -0.25) is 9.59 Å². The van der Waals surface area contributed by atoms with Crippen LogP contribution in [-0.2, 0) is 9.59 Å². The Hall–Kier alpha value is -2.88. The molecular formula is C18H16N2O2. The monoisotopic (exact) mass is 292 g/mol. The number of primary amides is 1. The number of allylic oxidation sites excluding steroid dienone is 1. The highest BCUT2D eigenvalue weighted by Gasteiger charge is 2.37. The van der Waals surface area contributed by atoms with E-state index in [9.17, 15) is 9.59 Å². The molecule has 0 spiro atoms. The minimum atomic E-state index is -0.894. The molecule has 1 heterocycles. The Bertz CT molecular complexity index is 723. The van der Waals surface area contributed by atoms with Crippen molar-refractivity contribution in [3.05, 3.63) is 77.9 Å². The Labute approximate surface area is 128 Å². The molecule has 0 saturated carbocycles. The summed E-state index contributed by atoms with van der Waals surface area (Å²) < 4.78 is 0. The summed E-state index contributed by atoms with van der Waals surface area (Å²) in [6.45, 7) is 0. The second-order valence-electron chi connectivity index (χ2n) is 5.25. The standard InChI is InChI=1S/C18H16N2O2/c19-17(21)16-14(12-7-3-1-4-8-12)11-15(20-18(16)22)13-9-5-2-6-10-13/h1-11,14,16H,(H2,19,21)(H,20,22). The summed E-state index contributed by atoms with van der Waals surface area (Å²) in [6.07, 6.45) is 1.90. The summed E-state index contributed by atoms with van der Waals surface area (Å²) in [5.41, 5.74) is 7.95. The second-order valence-corrected chi connectivity index (χ2v) is 5.25. The third-order valence-corrected chi connectivity index (χ3v) is 3.82. The Kier molecular flexibility index (Phi) is 3.74. The fraction of sp³-hybridized carbons (Fsp3) is 0.111. The lowest BCUT2D eigenvalue weighted by atomic mass is 9.81. The largest absolute Gasteiger partial charge is 0.369 e. The Morgan fingerprint density at radius 3 is 2.14 bits per heavy atom. The number of benzene rings is 2. The summed E-state index contributed by atoms with van der Waals surface area (Å²) in [6, 6.07) is 19.0. The molecule has 2 atom stereocenters. The third kappa shape index (κ3) is 2.63. The lowest BCUT2D eigenvalue weighted by molar-refractivity contribution is -0.133. The molecule has 2 aromatic rings. The molecule has 0 saturated heterocycles. The van der Waals surface area contributed by atoms with E-state index in [1.807, 2.05) is 66.7 Å². The van der Waals surface area contributed by atoms with Crippen molar-refractivity contribution < 1.29 is 9.59 Å². The molecule has 0 bridgehead atoms. The summed E-state index contributed by atoms with van der Waals surface area (Å²) in [7, 11) is 0. The van der Waals surface area contributed by atoms with E-state index in [4.69, 9.17) is 5.73 Å². The molecule has 0 aliphatic carbocycles. The normalized spacial score (nSPS) is 20.9. The van der Waals surface area contributed by atoms with Gasteiger partial charge in [0, 0.05) is 11.6 Å². The van der Waals surface area contributed by atoms with Crippen LogP contribution in [0.4, 0.5) is 0 Å². The van der Waals surface area contributed by atoms with E-state index >= 15 is 0 Å². The van der Waals surface area contributed by atoms with Gasteiger partial charge in [0.05, 0.1) is 0 Å². The number of amides is 2. The van der Waals surface area contributed by atoms with Crippen molar-refractivity contribution in [1.29, 1.82) is 0 Å². The minimum Gasteiger partial charge on any atom is -0.369 e. The van der Waals surface area contributed by atoms with Crippen molar-refractivity contribution in [3.63, 3.8) is 0 Å². The maximum absolute atomic E-state index is 12.4.